The van der Waals surface area contributed by atoms with E-state index in [1.165, 1.54) is 32.2 Å². The number of halogens is 1. The molecule has 0 amide bonds. The number of likely N-dealkylation sites (tertiary alicyclic amines) is 1. The van der Waals surface area contributed by atoms with E-state index in [9.17, 15) is 5.11 Å². The Morgan fingerprint density at radius 2 is 2.05 bits per heavy atom. The molecule has 2 heterocycles. The molecular formula is C16H23BrN2O. The molecule has 2 aliphatic rings. The van der Waals surface area contributed by atoms with Gasteiger partial charge in [-0.15, -0.1) is 0 Å². The van der Waals surface area contributed by atoms with Gasteiger partial charge in [-0.1, -0.05) is 15.9 Å². The fourth-order valence-corrected chi connectivity index (χ4v) is 3.96. The molecular weight excluding hydrogens is 316 g/mol. The van der Waals surface area contributed by atoms with Crippen molar-refractivity contribution in [2.45, 2.75) is 38.3 Å². The van der Waals surface area contributed by atoms with Gasteiger partial charge in [0, 0.05) is 22.6 Å². The zero-order valence-corrected chi connectivity index (χ0v) is 13.4. The molecule has 0 aliphatic carbocycles. The molecule has 4 heteroatoms. The predicted molar refractivity (Wildman–Crippen MR) is 84.8 cm³/mol. The van der Waals surface area contributed by atoms with Crippen LogP contribution in [0.25, 0.3) is 0 Å². The maximum absolute atomic E-state index is 9.93. The quantitative estimate of drug-likeness (QED) is 0.888. The lowest BCUT2D eigenvalue weighted by atomic mass is 9.88. The van der Waals surface area contributed by atoms with Crippen molar-refractivity contribution in [3.05, 3.63) is 28.2 Å². The molecule has 0 spiro atoms. The fraction of sp³-hybridized carbons (Fsp3) is 0.625. The third kappa shape index (κ3) is 3.35. The van der Waals surface area contributed by atoms with Crippen LogP contribution in [0.15, 0.2) is 22.7 Å². The SMILES string of the molecule is Oc1ccc(Br)cc1CN1CCC(C2CCCN2)CC1. The van der Waals surface area contributed by atoms with Crippen LogP contribution in [0, 0.1) is 5.92 Å². The zero-order chi connectivity index (χ0) is 13.9. The van der Waals surface area contributed by atoms with Gasteiger partial charge >= 0.3 is 0 Å². The molecule has 0 radical (unpaired) electrons. The van der Waals surface area contributed by atoms with Crippen LogP contribution in [0.4, 0.5) is 0 Å². The molecule has 1 aromatic rings. The minimum atomic E-state index is 0.410. The molecule has 3 nitrogen and oxygen atoms in total. The highest BCUT2D eigenvalue weighted by Crippen LogP contribution is 2.28. The Balaban J connectivity index is 1.54. The number of nitrogens with one attached hydrogen (secondary N) is 1. The summed E-state index contributed by atoms with van der Waals surface area (Å²) in [4.78, 5) is 2.47. The Labute approximate surface area is 129 Å². The first-order valence-electron chi connectivity index (χ1n) is 7.65. The highest BCUT2D eigenvalue weighted by atomic mass is 79.9. The topological polar surface area (TPSA) is 35.5 Å². The molecule has 20 heavy (non-hydrogen) atoms. The summed E-state index contributed by atoms with van der Waals surface area (Å²) in [5, 5.41) is 13.6. The molecule has 1 unspecified atom stereocenters. The highest BCUT2D eigenvalue weighted by molar-refractivity contribution is 9.10. The van der Waals surface area contributed by atoms with Crippen molar-refractivity contribution in [2.24, 2.45) is 5.92 Å². The molecule has 3 rings (SSSR count). The van der Waals surface area contributed by atoms with Crippen LogP contribution in [-0.2, 0) is 6.54 Å². The lowest BCUT2D eigenvalue weighted by molar-refractivity contribution is 0.156. The number of phenolic OH excluding ortho intramolecular Hbond substituents is 1. The largest absolute Gasteiger partial charge is 0.508 e. The van der Waals surface area contributed by atoms with Gasteiger partial charge in [-0.25, -0.2) is 0 Å². The van der Waals surface area contributed by atoms with Crippen molar-refractivity contribution in [1.29, 1.82) is 0 Å². The van der Waals surface area contributed by atoms with E-state index in [1.807, 2.05) is 12.1 Å². The Hall–Kier alpha value is -0.580. The van der Waals surface area contributed by atoms with E-state index < -0.39 is 0 Å². The van der Waals surface area contributed by atoms with Crippen molar-refractivity contribution in [1.82, 2.24) is 10.2 Å². The molecule has 2 N–H and O–H groups in total. The molecule has 0 saturated carbocycles. The van der Waals surface area contributed by atoms with E-state index in [-0.39, 0.29) is 0 Å². The molecule has 0 bridgehead atoms. The van der Waals surface area contributed by atoms with Crippen LogP contribution in [0.3, 0.4) is 0 Å². The second-order valence-corrected chi connectivity index (χ2v) is 7.01. The van der Waals surface area contributed by atoms with E-state index in [2.05, 4.69) is 26.1 Å². The van der Waals surface area contributed by atoms with Gasteiger partial charge in [0.2, 0.25) is 0 Å². The summed E-state index contributed by atoms with van der Waals surface area (Å²) >= 11 is 3.48. The summed E-state index contributed by atoms with van der Waals surface area (Å²) in [6.07, 6.45) is 5.27. The normalized spacial score (nSPS) is 25.1. The summed E-state index contributed by atoms with van der Waals surface area (Å²) in [6, 6.07) is 6.45. The van der Waals surface area contributed by atoms with Gasteiger partial charge in [0.15, 0.2) is 0 Å². The van der Waals surface area contributed by atoms with Crippen molar-refractivity contribution in [2.75, 3.05) is 19.6 Å². The summed E-state index contributed by atoms with van der Waals surface area (Å²) in [7, 11) is 0. The number of hydrogen-bond donors (Lipinski definition) is 2. The lowest BCUT2D eigenvalue weighted by Gasteiger charge is -2.35. The maximum Gasteiger partial charge on any atom is 0.120 e. The summed E-state index contributed by atoms with van der Waals surface area (Å²) in [5.41, 5.74) is 1.02. The van der Waals surface area contributed by atoms with E-state index in [0.717, 1.165) is 41.6 Å². The van der Waals surface area contributed by atoms with E-state index in [1.54, 1.807) is 6.07 Å². The molecule has 2 saturated heterocycles. The summed E-state index contributed by atoms with van der Waals surface area (Å²) in [5.74, 6) is 1.26. The van der Waals surface area contributed by atoms with Gasteiger partial charge in [0.05, 0.1) is 0 Å². The van der Waals surface area contributed by atoms with Crippen molar-refractivity contribution in [3.63, 3.8) is 0 Å². The Kier molecular flexibility index (Phi) is 4.64. The molecule has 1 atom stereocenters. The van der Waals surface area contributed by atoms with Gasteiger partial charge < -0.3 is 10.4 Å². The van der Waals surface area contributed by atoms with Gasteiger partial charge in [-0.05, 0) is 69.4 Å². The number of phenols is 1. The molecule has 2 fully saturated rings. The monoisotopic (exact) mass is 338 g/mol. The Morgan fingerprint density at radius 1 is 1.25 bits per heavy atom. The second-order valence-electron chi connectivity index (χ2n) is 6.09. The van der Waals surface area contributed by atoms with E-state index in [4.69, 9.17) is 0 Å². The van der Waals surface area contributed by atoms with Crippen LogP contribution in [0.1, 0.15) is 31.2 Å². The second kappa shape index (κ2) is 6.46. The Morgan fingerprint density at radius 3 is 2.75 bits per heavy atom. The third-order valence-electron chi connectivity index (χ3n) is 4.74. The summed E-state index contributed by atoms with van der Waals surface area (Å²) < 4.78 is 1.04. The van der Waals surface area contributed by atoms with Crippen LogP contribution in [0.5, 0.6) is 5.75 Å². The van der Waals surface area contributed by atoms with Gasteiger partial charge in [-0.3, -0.25) is 4.90 Å². The number of rotatable bonds is 3. The number of aromatic hydroxyl groups is 1. The van der Waals surface area contributed by atoms with E-state index >= 15 is 0 Å². The van der Waals surface area contributed by atoms with Crippen LogP contribution >= 0.6 is 15.9 Å². The summed E-state index contributed by atoms with van der Waals surface area (Å²) in [6.45, 7) is 4.36. The Bertz CT molecular complexity index is 452. The minimum absolute atomic E-state index is 0.410. The average Bonchev–Trinajstić information content (AvgIpc) is 2.98. The first-order chi connectivity index (χ1) is 9.72. The smallest absolute Gasteiger partial charge is 0.120 e. The first-order valence-corrected chi connectivity index (χ1v) is 8.45. The van der Waals surface area contributed by atoms with Crippen molar-refractivity contribution < 1.29 is 5.11 Å². The molecule has 0 aromatic heterocycles. The van der Waals surface area contributed by atoms with Crippen molar-refractivity contribution >= 4 is 15.9 Å². The fourth-order valence-electron chi connectivity index (χ4n) is 3.55. The van der Waals surface area contributed by atoms with Gasteiger partial charge in [0.1, 0.15) is 5.75 Å². The number of piperidine rings is 1. The lowest BCUT2D eigenvalue weighted by Crippen LogP contribution is -2.40. The van der Waals surface area contributed by atoms with Gasteiger partial charge in [0.25, 0.3) is 0 Å². The molecule has 2 aliphatic heterocycles. The number of nitrogens with zero attached hydrogens (tertiary/aromatic N) is 1. The highest BCUT2D eigenvalue weighted by Gasteiger charge is 2.28. The third-order valence-corrected chi connectivity index (χ3v) is 5.23. The maximum atomic E-state index is 9.93. The average molecular weight is 339 g/mol. The minimum Gasteiger partial charge on any atom is -0.508 e. The number of benzene rings is 1. The van der Waals surface area contributed by atoms with E-state index in [0.29, 0.717) is 5.75 Å². The van der Waals surface area contributed by atoms with Crippen LogP contribution in [0.2, 0.25) is 0 Å². The van der Waals surface area contributed by atoms with Crippen LogP contribution in [-0.4, -0.2) is 35.7 Å². The zero-order valence-electron chi connectivity index (χ0n) is 11.8. The van der Waals surface area contributed by atoms with Crippen molar-refractivity contribution in [3.8, 4) is 5.75 Å². The predicted octanol–water partition coefficient (Wildman–Crippen LogP) is 3.12. The first kappa shape index (κ1) is 14.4. The van der Waals surface area contributed by atoms with Crippen LogP contribution < -0.4 is 5.32 Å². The number of hydrogen-bond acceptors (Lipinski definition) is 3. The molecule has 110 valence electrons. The van der Waals surface area contributed by atoms with Gasteiger partial charge in [-0.2, -0.15) is 0 Å². The molecule has 1 aromatic carbocycles. The standard InChI is InChI=1S/C16H23BrN2O/c17-14-3-4-16(20)13(10-14)11-19-8-5-12(6-9-19)15-2-1-7-18-15/h3-4,10,12,15,18,20H,1-2,5-9,11H2.